The van der Waals surface area contributed by atoms with Gasteiger partial charge in [-0.05, 0) is 41.8 Å². The van der Waals surface area contributed by atoms with Gasteiger partial charge in [0.15, 0.2) is 6.17 Å². The molecule has 0 aromatic heterocycles. The summed E-state index contributed by atoms with van der Waals surface area (Å²) in [5.41, 5.74) is 1.65. The van der Waals surface area contributed by atoms with Gasteiger partial charge in [0.2, 0.25) is 5.79 Å². The summed E-state index contributed by atoms with van der Waals surface area (Å²) in [6.45, 7) is -0.764. The third kappa shape index (κ3) is 3.87. The lowest BCUT2D eigenvalue weighted by atomic mass is 9.87. The molecule has 5 atom stereocenters. The summed E-state index contributed by atoms with van der Waals surface area (Å²) in [7, 11) is 1.57. The topological polar surface area (TPSA) is 99.4 Å². The maximum absolute atomic E-state index is 14.0. The number of ether oxygens (including phenoxy) is 2. The summed E-state index contributed by atoms with van der Waals surface area (Å²) in [6.07, 6.45) is -6.96. The fourth-order valence-electron chi connectivity index (χ4n) is 3.26. The number of aliphatic hydroxyl groups excluding tert-OH is 3. The third-order valence-corrected chi connectivity index (χ3v) is 5.30. The summed E-state index contributed by atoms with van der Waals surface area (Å²) in [6, 6.07) is 11.8. The van der Waals surface area contributed by atoms with Crippen molar-refractivity contribution in [1.82, 2.24) is 0 Å². The van der Waals surface area contributed by atoms with Crippen LogP contribution in [0, 0.1) is 0 Å². The second kappa shape index (κ2) is 8.32. The molecule has 3 rings (SSSR count). The summed E-state index contributed by atoms with van der Waals surface area (Å²) in [5.74, 6) is -1.68. The van der Waals surface area contributed by atoms with Gasteiger partial charge >= 0.3 is 0 Å². The van der Waals surface area contributed by atoms with Gasteiger partial charge in [0.25, 0.3) is 0 Å². The molecule has 1 heterocycles. The van der Waals surface area contributed by atoms with Crippen LogP contribution in [0.25, 0.3) is 0 Å². The number of rotatable bonds is 5. The summed E-state index contributed by atoms with van der Waals surface area (Å²) < 4.78 is 24.4. The van der Waals surface area contributed by atoms with Gasteiger partial charge in [-0.2, -0.15) is 0 Å². The molecule has 2 aromatic carbocycles. The molecule has 8 heteroatoms. The van der Waals surface area contributed by atoms with E-state index >= 15 is 0 Å². The van der Waals surface area contributed by atoms with Crippen molar-refractivity contribution < 1.29 is 34.3 Å². The van der Waals surface area contributed by atoms with Crippen LogP contribution in [0.4, 0.5) is 4.39 Å². The van der Waals surface area contributed by atoms with Crippen molar-refractivity contribution in [3.63, 3.8) is 0 Å². The number of aliphatic hydroxyl groups is 4. The number of benzene rings is 2. The second-order valence-corrected chi connectivity index (χ2v) is 7.15. The Morgan fingerprint density at radius 1 is 1.18 bits per heavy atom. The molecular formula is C20H22ClFO6. The first-order valence-electron chi connectivity index (χ1n) is 8.73. The summed E-state index contributed by atoms with van der Waals surface area (Å²) in [4.78, 5) is 0. The number of halogens is 2. The monoisotopic (exact) mass is 412 g/mol. The van der Waals surface area contributed by atoms with Crippen molar-refractivity contribution in [3.8, 4) is 5.75 Å². The fraction of sp³-hybridized carbons (Fsp3) is 0.400. The first-order valence-corrected chi connectivity index (χ1v) is 9.11. The highest BCUT2D eigenvalue weighted by Crippen LogP contribution is 2.38. The van der Waals surface area contributed by atoms with Gasteiger partial charge in [-0.15, -0.1) is 0 Å². The van der Waals surface area contributed by atoms with Crippen LogP contribution in [-0.2, 0) is 16.9 Å². The van der Waals surface area contributed by atoms with E-state index in [-0.39, 0.29) is 5.56 Å². The molecule has 1 aliphatic rings. The van der Waals surface area contributed by atoms with Crippen LogP contribution >= 0.6 is 11.6 Å². The Hall–Kier alpha value is -1.74. The van der Waals surface area contributed by atoms with Crippen molar-refractivity contribution in [2.45, 2.75) is 36.7 Å². The maximum atomic E-state index is 14.0. The minimum atomic E-state index is -2.39. The van der Waals surface area contributed by atoms with Crippen molar-refractivity contribution >= 4 is 11.6 Å². The average molecular weight is 413 g/mol. The quantitative estimate of drug-likeness (QED) is 0.594. The second-order valence-electron chi connectivity index (χ2n) is 6.75. The van der Waals surface area contributed by atoms with Crippen LogP contribution in [0.5, 0.6) is 5.75 Å². The molecule has 0 amide bonds. The smallest absolute Gasteiger partial charge is 0.222 e. The van der Waals surface area contributed by atoms with Crippen molar-refractivity contribution in [2.75, 3.05) is 13.7 Å². The number of alkyl halides is 1. The first kappa shape index (κ1) is 21.0. The van der Waals surface area contributed by atoms with E-state index in [0.717, 1.165) is 5.56 Å². The molecule has 6 nitrogen and oxygen atoms in total. The van der Waals surface area contributed by atoms with Gasteiger partial charge in [-0.25, -0.2) is 4.39 Å². The number of methoxy groups -OCH3 is 1. The van der Waals surface area contributed by atoms with Crippen LogP contribution in [0.2, 0.25) is 5.02 Å². The van der Waals surface area contributed by atoms with Crippen molar-refractivity contribution in [1.29, 1.82) is 0 Å². The molecule has 0 radical (unpaired) electrons. The zero-order valence-electron chi connectivity index (χ0n) is 15.1. The molecule has 4 N–H and O–H groups in total. The van der Waals surface area contributed by atoms with Crippen LogP contribution < -0.4 is 4.74 Å². The summed E-state index contributed by atoms with van der Waals surface area (Å²) in [5, 5.41) is 40.8. The molecule has 0 saturated carbocycles. The molecule has 28 heavy (non-hydrogen) atoms. The van der Waals surface area contributed by atoms with Crippen molar-refractivity contribution in [3.05, 3.63) is 64.2 Å². The van der Waals surface area contributed by atoms with Gasteiger partial charge in [0.1, 0.15) is 24.1 Å². The Bertz CT molecular complexity index is 815. The van der Waals surface area contributed by atoms with Crippen LogP contribution in [0.1, 0.15) is 16.7 Å². The highest BCUT2D eigenvalue weighted by molar-refractivity contribution is 6.31. The number of hydrogen-bond donors (Lipinski definition) is 4. The maximum Gasteiger partial charge on any atom is 0.222 e. The first-order chi connectivity index (χ1) is 13.3. The van der Waals surface area contributed by atoms with E-state index in [2.05, 4.69) is 0 Å². The molecule has 1 saturated heterocycles. The molecule has 1 fully saturated rings. The molecule has 152 valence electrons. The zero-order chi connectivity index (χ0) is 20.5. The predicted molar refractivity (Wildman–Crippen MR) is 100 cm³/mol. The highest BCUT2D eigenvalue weighted by Gasteiger charge is 2.54. The lowest BCUT2D eigenvalue weighted by Crippen LogP contribution is -2.62. The van der Waals surface area contributed by atoms with E-state index in [0.29, 0.717) is 22.8 Å². The average Bonchev–Trinajstić information content (AvgIpc) is 2.71. The van der Waals surface area contributed by atoms with E-state index < -0.39 is 36.9 Å². The van der Waals surface area contributed by atoms with E-state index in [1.807, 2.05) is 12.1 Å². The van der Waals surface area contributed by atoms with E-state index in [1.165, 1.54) is 18.2 Å². The minimum Gasteiger partial charge on any atom is -0.497 e. The van der Waals surface area contributed by atoms with Gasteiger partial charge in [-0.3, -0.25) is 0 Å². The SMILES string of the molecule is COc1ccc(Cc2cc([C@]3(O)O[C@H](CO)[C@@H](F)[C@H](O)[C@H]3O)ccc2Cl)cc1. The summed E-state index contributed by atoms with van der Waals surface area (Å²) >= 11 is 6.27. The lowest BCUT2D eigenvalue weighted by Gasteiger charge is -2.44. The normalized spacial score (nSPS) is 30.2. The van der Waals surface area contributed by atoms with Crippen molar-refractivity contribution in [2.24, 2.45) is 0 Å². The zero-order valence-corrected chi connectivity index (χ0v) is 15.9. The lowest BCUT2D eigenvalue weighted by molar-refractivity contribution is -0.350. The van der Waals surface area contributed by atoms with E-state index in [9.17, 15) is 24.8 Å². The number of hydrogen-bond acceptors (Lipinski definition) is 6. The molecule has 0 bridgehead atoms. The Balaban J connectivity index is 1.92. The predicted octanol–water partition coefficient (Wildman–Crippen LogP) is 1.54. The van der Waals surface area contributed by atoms with Crippen LogP contribution in [0.15, 0.2) is 42.5 Å². The molecule has 0 aliphatic carbocycles. The van der Waals surface area contributed by atoms with Gasteiger partial charge in [0, 0.05) is 10.6 Å². The molecule has 0 unspecified atom stereocenters. The Labute approximate surface area is 166 Å². The van der Waals surface area contributed by atoms with Crippen LogP contribution in [0.3, 0.4) is 0 Å². The third-order valence-electron chi connectivity index (χ3n) is 4.93. The standard InChI is InChI=1S/C20H22ClFO6/c1-27-14-5-2-11(3-6-14)8-12-9-13(4-7-15(12)21)20(26)19(25)18(24)17(22)16(10-23)28-20/h2-7,9,16-19,23-26H,8,10H2,1H3/t16-,17-,18+,19-,20+/m1/s1. The van der Waals surface area contributed by atoms with Crippen LogP contribution in [-0.4, -0.2) is 58.6 Å². The Morgan fingerprint density at radius 3 is 2.46 bits per heavy atom. The van der Waals surface area contributed by atoms with E-state index in [1.54, 1.807) is 19.2 Å². The molecule has 0 spiro atoms. The van der Waals surface area contributed by atoms with Gasteiger partial charge < -0.3 is 29.9 Å². The Kier molecular flexibility index (Phi) is 6.24. The fourth-order valence-corrected chi connectivity index (χ4v) is 3.45. The largest absolute Gasteiger partial charge is 0.497 e. The van der Waals surface area contributed by atoms with E-state index in [4.69, 9.17) is 21.1 Å². The molecule has 2 aromatic rings. The highest BCUT2D eigenvalue weighted by atomic mass is 35.5. The molecular weight excluding hydrogens is 391 g/mol. The molecule has 1 aliphatic heterocycles. The minimum absolute atomic E-state index is 0.0947. The van der Waals surface area contributed by atoms with Gasteiger partial charge in [-0.1, -0.05) is 29.8 Å². The Morgan fingerprint density at radius 2 is 1.86 bits per heavy atom. The van der Waals surface area contributed by atoms with Gasteiger partial charge in [0.05, 0.1) is 13.7 Å².